The summed E-state index contributed by atoms with van der Waals surface area (Å²) in [7, 11) is 0. The highest BCUT2D eigenvalue weighted by Crippen LogP contribution is 2.27. The lowest BCUT2D eigenvalue weighted by molar-refractivity contribution is 0.480. The highest BCUT2D eigenvalue weighted by atomic mass is 79.9. The van der Waals surface area contributed by atoms with Gasteiger partial charge in [-0.15, -0.1) is 5.10 Å². The van der Waals surface area contributed by atoms with Gasteiger partial charge in [-0.25, -0.2) is 0 Å². The van der Waals surface area contributed by atoms with Crippen molar-refractivity contribution >= 4 is 33.5 Å². The molecule has 0 radical (unpaired) electrons. The third-order valence-electron chi connectivity index (χ3n) is 3.32. The number of aromatic amines is 1. The number of halogens is 2. The summed E-state index contributed by atoms with van der Waals surface area (Å²) in [5.74, 6) is 1.48. The van der Waals surface area contributed by atoms with E-state index >= 15 is 0 Å². The molecule has 0 bridgehead atoms. The van der Waals surface area contributed by atoms with Crippen molar-refractivity contribution in [2.45, 2.75) is 13.0 Å². The minimum absolute atomic E-state index is 0.452. The zero-order valence-corrected chi connectivity index (χ0v) is 13.4. The Balaban J connectivity index is 1.84. The Morgan fingerprint density at radius 3 is 3.05 bits per heavy atom. The van der Waals surface area contributed by atoms with Crippen molar-refractivity contribution < 1.29 is 0 Å². The van der Waals surface area contributed by atoms with Gasteiger partial charge in [-0.1, -0.05) is 11.6 Å². The standard InChI is InChI=1S/C13H15BrClN5/c1-8-7-20(5-4-16-8)13-17-12(18-19-13)9-2-3-10(14)11(15)6-9/h2-3,6,8,16H,4-5,7H2,1H3,(H,17,18,19). The summed E-state index contributed by atoms with van der Waals surface area (Å²) >= 11 is 9.49. The van der Waals surface area contributed by atoms with Gasteiger partial charge in [0.2, 0.25) is 5.95 Å². The molecule has 2 heterocycles. The number of piperazine rings is 1. The van der Waals surface area contributed by atoms with E-state index < -0.39 is 0 Å². The Bertz CT molecular complexity index is 615. The van der Waals surface area contributed by atoms with E-state index in [0.717, 1.165) is 41.4 Å². The summed E-state index contributed by atoms with van der Waals surface area (Å²) in [6.45, 7) is 4.95. The van der Waals surface area contributed by atoms with Crippen LogP contribution in [0.3, 0.4) is 0 Å². The summed E-state index contributed by atoms with van der Waals surface area (Å²) in [6, 6.07) is 6.19. The number of H-pyrrole nitrogens is 1. The van der Waals surface area contributed by atoms with Crippen LogP contribution in [-0.4, -0.2) is 40.9 Å². The highest BCUT2D eigenvalue weighted by molar-refractivity contribution is 9.10. The fraction of sp³-hybridized carbons (Fsp3) is 0.385. The summed E-state index contributed by atoms with van der Waals surface area (Å²) in [5, 5.41) is 11.4. The lowest BCUT2D eigenvalue weighted by Gasteiger charge is -2.30. The average Bonchev–Trinajstić information content (AvgIpc) is 2.92. The second-order valence-electron chi connectivity index (χ2n) is 4.91. The molecule has 7 heteroatoms. The molecular formula is C13H15BrClN5. The van der Waals surface area contributed by atoms with Gasteiger partial charge in [-0.3, -0.25) is 5.10 Å². The number of rotatable bonds is 2. The van der Waals surface area contributed by atoms with Gasteiger partial charge in [0.15, 0.2) is 5.82 Å². The summed E-state index contributed by atoms with van der Waals surface area (Å²) < 4.78 is 0.874. The lowest BCUT2D eigenvalue weighted by atomic mass is 10.2. The monoisotopic (exact) mass is 355 g/mol. The van der Waals surface area contributed by atoms with Crippen LogP contribution < -0.4 is 10.2 Å². The van der Waals surface area contributed by atoms with Crippen LogP contribution in [0.15, 0.2) is 22.7 Å². The number of nitrogens with zero attached hydrogens (tertiary/aromatic N) is 3. The quantitative estimate of drug-likeness (QED) is 0.868. The molecule has 3 rings (SSSR count). The van der Waals surface area contributed by atoms with E-state index in [1.54, 1.807) is 0 Å². The zero-order chi connectivity index (χ0) is 14.1. The van der Waals surface area contributed by atoms with Crippen molar-refractivity contribution in [1.82, 2.24) is 20.5 Å². The van der Waals surface area contributed by atoms with Crippen LogP contribution in [0.25, 0.3) is 11.4 Å². The van der Waals surface area contributed by atoms with Crippen LogP contribution in [0, 0.1) is 0 Å². The van der Waals surface area contributed by atoms with Gasteiger partial charge in [0, 0.05) is 35.7 Å². The molecule has 0 spiro atoms. The SMILES string of the molecule is CC1CN(c2n[nH]c(-c3ccc(Br)c(Cl)c3)n2)CCN1. The number of nitrogens with one attached hydrogen (secondary N) is 2. The normalized spacial score (nSPS) is 19.4. The second-order valence-corrected chi connectivity index (χ2v) is 6.18. The van der Waals surface area contributed by atoms with E-state index in [2.05, 4.69) is 48.3 Å². The molecule has 1 aromatic heterocycles. The minimum Gasteiger partial charge on any atom is -0.337 e. The van der Waals surface area contributed by atoms with E-state index in [0.29, 0.717) is 11.1 Å². The van der Waals surface area contributed by atoms with Crippen molar-refractivity contribution in [1.29, 1.82) is 0 Å². The molecule has 1 fully saturated rings. The first-order valence-electron chi connectivity index (χ1n) is 6.49. The van der Waals surface area contributed by atoms with Crippen LogP contribution in [0.2, 0.25) is 5.02 Å². The summed E-state index contributed by atoms with van der Waals surface area (Å²) in [5.41, 5.74) is 0.931. The van der Waals surface area contributed by atoms with Crippen molar-refractivity contribution in [3.8, 4) is 11.4 Å². The van der Waals surface area contributed by atoms with Crippen molar-refractivity contribution in [2.24, 2.45) is 0 Å². The molecule has 1 aliphatic heterocycles. The van der Waals surface area contributed by atoms with Crippen LogP contribution >= 0.6 is 27.5 Å². The first kappa shape index (κ1) is 13.9. The fourth-order valence-electron chi connectivity index (χ4n) is 2.28. The fourth-order valence-corrected chi connectivity index (χ4v) is 2.71. The molecule has 5 nitrogen and oxygen atoms in total. The van der Waals surface area contributed by atoms with Gasteiger partial charge in [0.25, 0.3) is 0 Å². The molecule has 2 N–H and O–H groups in total. The van der Waals surface area contributed by atoms with E-state index in [4.69, 9.17) is 11.6 Å². The first-order valence-corrected chi connectivity index (χ1v) is 7.67. The Labute approximate surface area is 130 Å². The topological polar surface area (TPSA) is 56.8 Å². The number of hydrogen-bond acceptors (Lipinski definition) is 4. The van der Waals surface area contributed by atoms with Gasteiger partial charge in [0.05, 0.1) is 5.02 Å². The third kappa shape index (κ3) is 2.82. The number of aromatic nitrogens is 3. The predicted octanol–water partition coefficient (Wildman–Crippen LogP) is 2.69. The molecule has 1 aromatic carbocycles. The van der Waals surface area contributed by atoms with E-state index in [1.807, 2.05) is 18.2 Å². The van der Waals surface area contributed by atoms with Crippen LogP contribution in [0.4, 0.5) is 5.95 Å². The molecule has 1 unspecified atom stereocenters. The van der Waals surface area contributed by atoms with Gasteiger partial charge in [0.1, 0.15) is 0 Å². The highest BCUT2D eigenvalue weighted by Gasteiger charge is 2.19. The number of benzene rings is 1. The van der Waals surface area contributed by atoms with Crippen molar-refractivity contribution in [2.75, 3.05) is 24.5 Å². The third-order valence-corrected chi connectivity index (χ3v) is 4.55. The maximum Gasteiger partial charge on any atom is 0.245 e. The first-order chi connectivity index (χ1) is 9.63. The van der Waals surface area contributed by atoms with Gasteiger partial charge < -0.3 is 10.2 Å². The van der Waals surface area contributed by atoms with Gasteiger partial charge in [-0.05, 0) is 41.1 Å². The Hall–Kier alpha value is -1.11. The minimum atomic E-state index is 0.452. The number of anilines is 1. The van der Waals surface area contributed by atoms with E-state index in [1.165, 1.54) is 0 Å². The molecule has 0 amide bonds. The molecule has 106 valence electrons. The Morgan fingerprint density at radius 1 is 1.45 bits per heavy atom. The molecule has 0 aliphatic carbocycles. The van der Waals surface area contributed by atoms with Crippen LogP contribution in [0.5, 0.6) is 0 Å². The number of hydrogen-bond donors (Lipinski definition) is 2. The van der Waals surface area contributed by atoms with E-state index in [9.17, 15) is 0 Å². The molecular weight excluding hydrogens is 342 g/mol. The van der Waals surface area contributed by atoms with Crippen LogP contribution in [0.1, 0.15) is 6.92 Å². The molecule has 1 atom stereocenters. The molecule has 2 aromatic rings. The van der Waals surface area contributed by atoms with Crippen molar-refractivity contribution in [3.63, 3.8) is 0 Å². The molecule has 1 aliphatic rings. The molecule has 20 heavy (non-hydrogen) atoms. The second kappa shape index (κ2) is 5.71. The van der Waals surface area contributed by atoms with Crippen molar-refractivity contribution in [3.05, 3.63) is 27.7 Å². The maximum absolute atomic E-state index is 6.11. The zero-order valence-electron chi connectivity index (χ0n) is 11.0. The van der Waals surface area contributed by atoms with Gasteiger partial charge in [-0.2, -0.15) is 4.98 Å². The summed E-state index contributed by atoms with van der Waals surface area (Å²) in [6.07, 6.45) is 0. The van der Waals surface area contributed by atoms with Crippen LogP contribution in [-0.2, 0) is 0 Å². The summed E-state index contributed by atoms with van der Waals surface area (Å²) in [4.78, 5) is 6.75. The van der Waals surface area contributed by atoms with E-state index in [-0.39, 0.29) is 0 Å². The smallest absolute Gasteiger partial charge is 0.245 e. The Morgan fingerprint density at radius 2 is 2.30 bits per heavy atom. The Kier molecular flexibility index (Phi) is 3.96. The molecule has 0 saturated carbocycles. The maximum atomic E-state index is 6.11. The molecule has 1 saturated heterocycles. The lowest BCUT2D eigenvalue weighted by Crippen LogP contribution is -2.49. The largest absolute Gasteiger partial charge is 0.337 e. The van der Waals surface area contributed by atoms with Gasteiger partial charge >= 0.3 is 0 Å². The predicted molar refractivity (Wildman–Crippen MR) is 84.2 cm³/mol. The average molecular weight is 357 g/mol.